The van der Waals surface area contributed by atoms with Crippen molar-refractivity contribution in [1.29, 1.82) is 0 Å². The van der Waals surface area contributed by atoms with Gasteiger partial charge in [-0.25, -0.2) is 4.79 Å². The number of hydrogen-bond donors (Lipinski definition) is 1. The smallest absolute Gasteiger partial charge is 0.411 e. The van der Waals surface area contributed by atoms with E-state index in [4.69, 9.17) is 9.15 Å². The molecule has 0 spiro atoms. The van der Waals surface area contributed by atoms with E-state index < -0.39 is 6.09 Å². The van der Waals surface area contributed by atoms with Crippen molar-refractivity contribution in [2.24, 2.45) is 0 Å². The Kier molecular flexibility index (Phi) is 4.84. The molecule has 0 fully saturated rings. The number of halogens is 1. The molecule has 1 heterocycles. The van der Waals surface area contributed by atoms with Gasteiger partial charge in [-0.15, -0.1) is 0 Å². The Morgan fingerprint density at radius 2 is 1.88 bits per heavy atom. The topological polar surface area (TPSA) is 68.5 Å². The van der Waals surface area contributed by atoms with E-state index in [1.165, 1.54) is 6.26 Å². The summed E-state index contributed by atoms with van der Waals surface area (Å²) in [7, 11) is 0. The molecule has 0 aliphatic carbocycles. The van der Waals surface area contributed by atoms with E-state index >= 15 is 0 Å². The molecule has 1 aromatic heterocycles. The second-order valence-corrected chi connectivity index (χ2v) is 6.25. The van der Waals surface area contributed by atoms with Crippen LogP contribution in [0.25, 0.3) is 11.0 Å². The van der Waals surface area contributed by atoms with Gasteiger partial charge in [-0.1, -0.05) is 0 Å². The number of carbonyl (C=O) groups excluding carboxylic acids is 2. The zero-order valence-electron chi connectivity index (χ0n) is 12.8. The normalized spacial score (nSPS) is 10.6. The first-order valence-corrected chi connectivity index (χ1v) is 8.42. The molecule has 0 aliphatic heterocycles. The summed E-state index contributed by atoms with van der Waals surface area (Å²) >= 11 is 2.18. The van der Waals surface area contributed by atoms with E-state index in [1.807, 2.05) is 12.1 Å². The van der Waals surface area contributed by atoms with Crippen molar-refractivity contribution in [3.05, 3.63) is 63.4 Å². The number of benzene rings is 2. The fraction of sp³-hybridized carbons (Fsp3) is 0.111. The van der Waals surface area contributed by atoms with E-state index in [1.54, 1.807) is 37.3 Å². The van der Waals surface area contributed by atoms with Gasteiger partial charge >= 0.3 is 6.09 Å². The van der Waals surface area contributed by atoms with Crippen molar-refractivity contribution in [2.75, 3.05) is 11.9 Å². The summed E-state index contributed by atoms with van der Waals surface area (Å²) in [5.41, 5.74) is 1.90. The molecule has 3 aromatic rings. The monoisotopic (exact) mass is 435 g/mol. The SMILES string of the molecule is CCOC(=O)Nc1ccc2occc2c1C(=O)c1ccc(I)cc1. The first kappa shape index (κ1) is 16.5. The third kappa shape index (κ3) is 3.28. The average Bonchev–Trinajstić information content (AvgIpc) is 3.03. The summed E-state index contributed by atoms with van der Waals surface area (Å²) in [6.07, 6.45) is 0.917. The molecule has 6 heteroatoms. The molecule has 24 heavy (non-hydrogen) atoms. The number of ketones is 1. The fourth-order valence-electron chi connectivity index (χ4n) is 2.42. The van der Waals surface area contributed by atoms with Gasteiger partial charge in [0.1, 0.15) is 5.58 Å². The summed E-state index contributed by atoms with van der Waals surface area (Å²) in [5.74, 6) is -0.190. The van der Waals surface area contributed by atoms with Crippen LogP contribution in [0.2, 0.25) is 0 Å². The van der Waals surface area contributed by atoms with Gasteiger partial charge in [0.25, 0.3) is 0 Å². The van der Waals surface area contributed by atoms with Crippen LogP contribution in [0.5, 0.6) is 0 Å². The van der Waals surface area contributed by atoms with Crippen LogP contribution in [0.15, 0.2) is 53.1 Å². The van der Waals surface area contributed by atoms with Crippen LogP contribution in [0.3, 0.4) is 0 Å². The Hall–Kier alpha value is -2.35. The summed E-state index contributed by atoms with van der Waals surface area (Å²) in [6.45, 7) is 1.97. The Balaban J connectivity index is 2.09. The molecule has 3 rings (SSSR count). The van der Waals surface area contributed by atoms with Gasteiger partial charge in [0.2, 0.25) is 0 Å². The lowest BCUT2D eigenvalue weighted by atomic mass is 9.98. The van der Waals surface area contributed by atoms with Gasteiger partial charge in [-0.3, -0.25) is 10.1 Å². The first-order valence-electron chi connectivity index (χ1n) is 7.34. The highest BCUT2D eigenvalue weighted by atomic mass is 127. The minimum atomic E-state index is -0.600. The molecule has 122 valence electrons. The van der Waals surface area contributed by atoms with Crippen molar-refractivity contribution in [2.45, 2.75) is 6.92 Å². The van der Waals surface area contributed by atoms with Crippen molar-refractivity contribution >= 4 is 51.1 Å². The van der Waals surface area contributed by atoms with Crippen LogP contribution in [-0.2, 0) is 4.74 Å². The minimum absolute atomic E-state index is 0.190. The molecule has 1 N–H and O–H groups in total. The van der Waals surface area contributed by atoms with Crippen molar-refractivity contribution in [3.63, 3.8) is 0 Å². The lowest BCUT2D eigenvalue weighted by Gasteiger charge is -2.11. The van der Waals surface area contributed by atoms with Gasteiger partial charge in [0, 0.05) is 14.5 Å². The number of fused-ring (bicyclic) bond motifs is 1. The van der Waals surface area contributed by atoms with Crippen LogP contribution >= 0.6 is 22.6 Å². The number of nitrogens with one attached hydrogen (secondary N) is 1. The minimum Gasteiger partial charge on any atom is -0.464 e. The van der Waals surface area contributed by atoms with Crippen molar-refractivity contribution < 1.29 is 18.7 Å². The van der Waals surface area contributed by atoms with Crippen LogP contribution in [0.4, 0.5) is 10.5 Å². The van der Waals surface area contributed by atoms with Crippen LogP contribution in [-0.4, -0.2) is 18.5 Å². The highest BCUT2D eigenvalue weighted by Gasteiger charge is 2.20. The van der Waals surface area contributed by atoms with Crippen LogP contribution < -0.4 is 5.32 Å². The molecule has 0 bridgehead atoms. The number of ether oxygens (including phenoxy) is 1. The van der Waals surface area contributed by atoms with Gasteiger partial charge in [-0.2, -0.15) is 0 Å². The molecular formula is C18H14INO4. The molecule has 0 saturated carbocycles. The van der Waals surface area contributed by atoms with E-state index in [9.17, 15) is 9.59 Å². The zero-order chi connectivity index (χ0) is 17.1. The van der Waals surface area contributed by atoms with Gasteiger partial charge in [0.15, 0.2) is 5.78 Å². The molecule has 1 amide bonds. The summed E-state index contributed by atoms with van der Waals surface area (Å²) in [5, 5.41) is 3.28. The highest BCUT2D eigenvalue weighted by Crippen LogP contribution is 2.30. The Labute approximate surface area is 152 Å². The standard InChI is InChI=1S/C18H14INO4/c1-2-23-18(22)20-14-7-8-15-13(9-10-24-15)16(14)17(21)11-3-5-12(19)6-4-11/h3-10H,2H2,1H3,(H,20,22). The van der Waals surface area contributed by atoms with Crippen molar-refractivity contribution in [1.82, 2.24) is 0 Å². The molecule has 2 aromatic carbocycles. The van der Waals surface area contributed by atoms with E-state index in [0.29, 0.717) is 27.8 Å². The number of carbonyl (C=O) groups is 2. The van der Waals surface area contributed by atoms with Crippen LogP contribution in [0.1, 0.15) is 22.8 Å². The maximum absolute atomic E-state index is 13.0. The van der Waals surface area contributed by atoms with Gasteiger partial charge < -0.3 is 9.15 Å². The van der Waals surface area contributed by atoms with Crippen molar-refractivity contribution in [3.8, 4) is 0 Å². The van der Waals surface area contributed by atoms with Crippen LogP contribution in [0, 0.1) is 3.57 Å². The molecule has 0 radical (unpaired) electrons. The molecule has 5 nitrogen and oxygen atoms in total. The lowest BCUT2D eigenvalue weighted by molar-refractivity contribution is 0.104. The second-order valence-electron chi connectivity index (χ2n) is 5.00. The summed E-state index contributed by atoms with van der Waals surface area (Å²) < 4.78 is 11.3. The molecule has 0 atom stereocenters. The molecule has 0 saturated heterocycles. The number of rotatable bonds is 4. The predicted octanol–water partition coefficient (Wildman–Crippen LogP) is 4.84. The van der Waals surface area contributed by atoms with E-state index in [2.05, 4.69) is 27.9 Å². The average molecular weight is 435 g/mol. The third-order valence-corrected chi connectivity index (χ3v) is 4.20. The molecule has 0 unspecified atom stereocenters. The Bertz CT molecular complexity index is 899. The van der Waals surface area contributed by atoms with E-state index in [-0.39, 0.29) is 12.4 Å². The Morgan fingerprint density at radius 1 is 1.12 bits per heavy atom. The number of furan rings is 1. The maximum atomic E-state index is 13.0. The first-order chi connectivity index (χ1) is 11.6. The molecule has 0 aliphatic rings. The predicted molar refractivity (Wildman–Crippen MR) is 99.5 cm³/mol. The highest BCUT2D eigenvalue weighted by molar-refractivity contribution is 14.1. The number of anilines is 1. The third-order valence-electron chi connectivity index (χ3n) is 3.48. The number of hydrogen-bond acceptors (Lipinski definition) is 4. The second kappa shape index (κ2) is 7.04. The fourth-order valence-corrected chi connectivity index (χ4v) is 2.78. The zero-order valence-corrected chi connectivity index (χ0v) is 15.0. The van der Waals surface area contributed by atoms with Gasteiger partial charge in [0.05, 0.1) is 24.1 Å². The summed E-state index contributed by atoms with van der Waals surface area (Å²) in [4.78, 5) is 24.8. The quantitative estimate of drug-likeness (QED) is 0.471. The van der Waals surface area contributed by atoms with Gasteiger partial charge in [-0.05, 0) is 72.0 Å². The van der Waals surface area contributed by atoms with E-state index in [0.717, 1.165) is 3.57 Å². The molecular weight excluding hydrogens is 421 g/mol. The number of amides is 1. The summed E-state index contributed by atoms with van der Waals surface area (Å²) in [6, 6.07) is 12.3. The Morgan fingerprint density at radius 3 is 2.58 bits per heavy atom. The largest absolute Gasteiger partial charge is 0.464 e. The maximum Gasteiger partial charge on any atom is 0.411 e. The lowest BCUT2D eigenvalue weighted by Crippen LogP contribution is -2.16.